The Balaban J connectivity index is 1.96. The third-order valence-electron chi connectivity index (χ3n) is 3.78. The Morgan fingerprint density at radius 2 is 2.27 bits per heavy atom. The van der Waals surface area contributed by atoms with Crippen LogP contribution in [0.2, 0.25) is 0 Å². The minimum atomic E-state index is -0.885. The van der Waals surface area contributed by atoms with Crippen molar-refractivity contribution in [3.05, 3.63) is 16.1 Å². The first kappa shape index (κ1) is 16.9. The van der Waals surface area contributed by atoms with Crippen LogP contribution in [0.5, 0.6) is 0 Å². The van der Waals surface area contributed by atoms with Gasteiger partial charge in [-0.2, -0.15) is 0 Å². The van der Waals surface area contributed by atoms with Crippen molar-refractivity contribution >= 4 is 23.2 Å². The third kappa shape index (κ3) is 4.27. The minimum absolute atomic E-state index is 0.0629. The van der Waals surface area contributed by atoms with Crippen LogP contribution in [0.15, 0.2) is 5.38 Å². The molecule has 122 valence electrons. The number of carbonyl (C=O) groups excluding carboxylic acids is 1. The summed E-state index contributed by atoms with van der Waals surface area (Å²) in [5, 5.41) is 14.6. The Morgan fingerprint density at radius 3 is 2.91 bits per heavy atom. The number of carboxylic acid groups (broad SMARTS) is 1. The van der Waals surface area contributed by atoms with Gasteiger partial charge in [0.2, 0.25) is 0 Å². The van der Waals surface area contributed by atoms with Crippen molar-refractivity contribution in [2.75, 3.05) is 19.6 Å². The number of nitrogens with zero attached hydrogens (tertiary/aromatic N) is 2. The predicted molar refractivity (Wildman–Crippen MR) is 85.2 cm³/mol. The van der Waals surface area contributed by atoms with E-state index in [9.17, 15) is 9.59 Å². The normalized spacial score (nSPS) is 21.5. The lowest BCUT2D eigenvalue weighted by Crippen LogP contribution is -2.47. The van der Waals surface area contributed by atoms with Crippen LogP contribution in [0.4, 0.5) is 0 Å². The van der Waals surface area contributed by atoms with Crippen molar-refractivity contribution in [2.24, 2.45) is 5.92 Å². The molecular weight excluding hydrogens is 302 g/mol. The van der Waals surface area contributed by atoms with Crippen molar-refractivity contribution in [1.82, 2.24) is 15.2 Å². The molecule has 2 N–H and O–H groups in total. The molecule has 0 aliphatic carbocycles. The summed E-state index contributed by atoms with van der Waals surface area (Å²) in [6, 6.07) is 0. The van der Waals surface area contributed by atoms with Gasteiger partial charge in [-0.05, 0) is 19.3 Å². The minimum Gasteiger partial charge on any atom is -0.480 e. The molecule has 22 heavy (non-hydrogen) atoms. The maximum atomic E-state index is 12.5. The number of thiazole rings is 1. The van der Waals surface area contributed by atoms with Gasteiger partial charge in [0.05, 0.1) is 11.6 Å². The molecule has 1 aliphatic rings. The molecule has 0 spiro atoms. The molecule has 1 atom stereocenters. The highest BCUT2D eigenvalue weighted by atomic mass is 32.1. The summed E-state index contributed by atoms with van der Waals surface area (Å²) in [7, 11) is 0. The summed E-state index contributed by atoms with van der Waals surface area (Å²) in [5.74, 6) is -0.430. The summed E-state index contributed by atoms with van der Waals surface area (Å²) in [6.45, 7) is 7.25. The number of carboxylic acids is 1. The molecule has 0 aromatic carbocycles. The predicted octanol–water partition coefficient (Wildman–Crippen LogP) is 1.62. The van der Waals surface area contributed by atoms with Crippen molar-refractivity contribution in [3.8, 4) is 0 Å². The molecular formula is C15H23N3O3S. The molecule has 1 fully saturated rings. The molecule has 1 aromatic heterocycles. The number of hydrogen-bond donors (Lipinski definition) is 2. The fourth-order valence-corrected chi connectivity index (χ4v) is 3.56. The second-order valence-electron chi connectivity index (χ2n) is 6.51. The zero-order valence-corrected chi connectivity index (χ0v) is 14.1. The second kappa shape index (κ2) is 6.75. The molecule has 1 aliphatic heterocycles. The number of carbonyl (C=O) groups is 2. The van der Waals surface area contributed by atoms with Crippen LogP contribution in [-0.4, -0.2) is 52.0 Å². The number of likely N-dealkylation sites (tertiary alicyclic amines) is 1. The monoisotopic (exact) mass is 325 g/mol. The highest BCUT2D eigenvalue weighted by molar-refractivity contribution is 7.09. The average molecular weight is 325 g/mol. The average Bonchev–Trinajstić information content (AvgIpc) is 3.03. The molecule has 7 heteroatoms. The molecule has 2 heterocycles. The van der Waals surface area contributed by atoms with E-state index in [0.717, 1.165) is 17.8 Å². The maximum Gasteiger partial charge on any atom is 0.317 e. The van der Waals surface area contributed by atoms with Crippen LogP contribution >= 0.6 is 11.3 Å². The zero-order chi connectivity index (χ0) is 16.3. The van der Waals surface area contributed by atoms with E-state index in [1.54, 1.807) is 4.90 Å². The molecule has 1 amide bonds. The third-order valence-corrected chi connectivity index (χ3v) is 4.65. The highest BCUT2D eigenvalue weighted by Crippen LogP contribution is 2.23. The fraction of sp³-hybridized carbons (Fsp3) is 0.667. The lowest BCUT2D eigenvalue weighted by atomic mass is 10.0. The first-order valence-corrected chi connectivity index (χ1v) is 8.37. The van der Waals surface area contributed by atoms with E-state index < -0.39 is 5.97 Å². The fourth-order valence-electron chi connectivity index (χ4n) is 2.58. The van der Waals surface area contributed by atoms with Gasteiger partial charge in [-0.15, -0.1) is 11.3 Å². The quantitative estimate of drug-likeness (QED) is 0.830. The Labute approximate surface area is 134 Å². The number of hydrogen-bond acceptors (Lipinski definition) is 5. The number of rotatable bonds is 6. The Bertz CT molecular complexity index is 558. The number of amides is 1. The molecule has 1 aromatic rings. The molecule has 6 nitrogen and oxygen atoms in total. The SMILES string of the molecule is CC(C)Cc1nc(C(=O)N2CC[C@](C)(NCC(=O)O)C2)cs1. The zero-order valence-electron chi connectivity index (χ0n) is 13.3. The highest BCUT2D eigenvalue weighted by Gasteiger charge is 2.36. The van der Waals surface area contributed by atoms with Crippen molar-refractivity contribution in [2.45, 2.75) is 39.2 Å². The van der Waals surface area contributed by atoms with Crippen LogP contribution in [0.3, 0.4) is 0 Å². The molecule has 0 radical (unpaired) electrons. The van der Waals surface area contributed by atoms with Gasteiger partial charge in [-0.25, -0.2) is 4.98 Å². The number of aromatic nitrogens is 1. The van der Waals surface area contributed by atoms with Crippen molar-refractivity contribution in [1.29, 1.82) is 0 Å². The van der Waals surface area contributed by atoms with Gasteiger partial charge in [-0.3, -0.25) is 14.9 Å². The van der Waals surface area contributed by atoms with Gasteiger partial charge in [0.15, 0.2) is 0 Å². The first-order valence-electron chi connectivity index (χ1n) is 7.49. The molecule has 0 saturated carbocycles. The molecule has 0 bridgehead atoms. The van der Waals surface area contributed by atoms with Crippen LogP contribution in [-0.2, 0) is 11.2 Å². The molecule has 2 rings (SSSR count). The molecule has 0 unspecified atom stereocenters. The summed E-state index contributed by atoms with van der Waals surface area (Å²) in [6.07, 6.45) is 1.63. The number of nitrogens with one attached hydrogen (secondary N) is 1. The smallest absolute Gasteiger partial charge is 0.317 e. The summed E-state index contributed by atoms with van der Waals surface area (Å²) < 4.78 is 0. The second-order valence-corrected chi connectivity index (χ2v) is 7.45. The van der Waals surface area contributed by atoms with E-state index >= 15 is 0 Å². The van der Waals surface area contributed by atoms with E-state index in [1.165, 1.54) is 11.3 Å². The lowest BCUT2D eigenvalue weighted by Gasteiger charge is -2.25. The van der Waals surface area contributed by atoms with Crippen molar-refractivity contribution in [3.63, 3.8) is 0 Å². The van der Waals surface area contributed by atoms with Gasteiger partial charge < -0.3 is 10.0 Å². The van der Waals surface area contributed by atoms with E-state index in [2.05, 4.69) is 24.1 Å². The van der Waals surface area contributed by atoms with Crippen molar-refractivity contribution < 1.29 is 14.7 Å². The molecule has 1 saturated heterocycles. The van der Waals surface area contributed by atoms with E-state index in [4.69, 9.17) is 5.11 Å². The van der Waals surface area contributed by atoms with E-state index in [0.29, 0.717) is 24.7 Å². The first-order chi connectivity index (χ1) is 10.3. The Kier molecular flexibility index (Phi) is 5.18. The summed E-state index contributed by atoms with van der Waals surface area (Å²) >= 11 is 1.53. The van der Waals surface area contributed by atoms with Gasteiger partial charge in [0.25, 0.3) is 5.91 Å². The lowest BCUT2D eigenvalue weighted by molar-refractivity contribution is -0.136. The topological polar surface area (TPSA) is 82.5 Å². The van der Waals surface area contributed by atoms with Crippen LogP contribution in [0, 0.1) is 5.92 Å². The standard InChI is InChI=1S/C15H23N3O3S/c1-10(2)6-12-17-11(8-22-12)14(21)18-5-4-15(3,9-18)16-7-13(19)20/h8,10,16H,4-7,9H2,1-3H3,(H,19,20)/t15-/m0/s1. The van der Waals surface area contributed by atoms with E-state index in [1.807, 2.05) is 12.3 Å². The van der Waals surface area contributed by atoms with Crippen LogP contribution in [0.25, 0.3) is 0 Å². The van der Waals surface area contributed by atoms with Gasteiger partial charge in [-0.1, -0.05) is 13.8 Å². The van der Waals surface area contributed by atoms with Gasteiger partial charge in [0.1, 0.15) is 5.69 Å². The van der Waals surface area contributed by atoms with Gasteiger partial charge >= 0.3 is 5.97 Å². The maximum absolute atomic E-state index is 12.5. The summed E-state index contributed by atoms with van der Waals surface area (Å²) in [5.41, 5.74) is 0.160. The van der Waals surface area contributed by atoms with Crippen LogP contribution < -0.4 is 5.32 Å². The Hall–Kier alpha value is -1.47. The van der Waals surface area contributed by atoms with Crippen LogP contribution in [0.1, 0.15) is 42.7 Å². The van der Waals surface area contributed by atoms with E-state index in [-0.39, 0.29) is 18.0 Å². The summed E-state index contributed by atoms with van der Waals surface area (Å²) in [4.78, 5) is 29.4. The largest absolute Gasteiger partial charge is 0.480 e. The Morgan fingerprint density at radius 1 is 1.55 bits per heavy atom. The number of aliphatic carboxylic acids is 1. The van der Waals surface area contributed by atoms with Gasteiger partial charge in [0, 0.05) is 30.4 Å².